The van der Waals surface area contributed by atoms with Gasteiger partial charge in [0.2, 0.25) is 0 Å². The highest BCUT2D eigenvalue weighted by Gasteiger charge is 2.07. The van der Waals surface area contributed by atoms with E-state index >= 15 is 0 Å². The van der Waals surface area contributed by atoms with E-state index in [1.165, 1.54) is 9.13 Å². The van der Waals surface area contributed by atoms with Crippen molar-refractivity contribution in [1.29, 1.82) is 0 Å². The first-order valence-electron chi connectivity index (χ1n) is 10.0. The largest absolute Gasteiger partial charge is 0.355 e. The van der Waals surface area contributed by atoms with Crippen LogP contribution in [0.2, 0.25) is 0 Å². The van der Waals surface area contributed by atoms with Crippen molar-refractivity contribution in [2.45, 2.75) is 0 Å². The number of halogens is 1. The second kappa shape index (κ2) is 7.35. The summed E-state index contributed by atoms with van der Waals surface area (Å²) in [5, 5.41) is 0. The van der Waals surface area contributed by atoms with Crippen molar-refractivity contribution in [3.63, 3.8) is 0 Å². The van der Waals surface area contributed by atoms with Gasteiger partial charge in [0, 0.05) is 31.2 Å². The molecule has 0 amide bonds. The Morgan fingerprint density at radius 2 is 1.10 bits per heavy atom. The van der Waals surface area contributed by atoms with Crippen LogP contribution in [0.1, 0.15) is 22.8 Å². The Bertz CT molecular complexity index is 1540. The molecule has 5 heteroatoms. The molecule has 0 saturated carbocycles. The summed E-state index contributed by atoms with van der Waals surface area (Å²) in [6.07, 6.45) is 8.17. The molecule has 0 unspecified atom stereocenters. The maximum Gasteiger partial charge on any atom is 0.0658 e. The van der Waals surface area contributed by atoms with Crippen molar-refractivity contribution in [2.24, 2.45) is 0 Å². The van der Waals surface area contributed by atoms with E-state index in [1.54, 1.807) is 0 Å². The zero-order valence-electron chi connectivity index (χ0n) is 16.4. The molecule has 4 nitrogen and oxygen atoms in total. The third kappa shape index (κ3) is 3.72. The summed E-state index contributed by atoms with van der Waals surface area (Å²) in [5.74, 6) is 0. The highest BCUT2D eigenvalue weighted by molar-refractivity contribution is 14.1. The molecule has 0 fully saturated rings. The predicted octanol–water partition coefficient (Wildman–Crippen LogP) is 6.93. The minimum Gasteiger partial charge on any atom is -0.355 e. The highest BCUT2D eigenvalue weighted by Crippen LogP contribution is 2.28. The quantitative estimate of drug-likeness (QED) is 0.235. The Labute approximate surface area is 192 Å². The number of H-pyrrole nitrogens is 2. The van der Waals surface area contributed by atoms with E-state index in [2.05, 4.69) is 99.3 Å². The normalized spacial score (nSPS) is 12.4. The van der Waals surface area contributed by atoms with Crippen molar-refractivity contribution in [3.05, 3.63) is 93.1 Å². The second-order valence-corrected chi connectivity index (χ2v) is 8.84. The van der Waals surface area contributed by atoms with Gasteiger partial charge in [-0.3, -0.25) is 0 Å². The van der Waals surface area contributed by atoms with Gasteiger partial charge in [0.15, 0.2) is 0 Å². The molecule has 0 spiro atoms. The molecule has 0 atom stereocenters. The monoisotopic (exact) mass is 512 g/mol. The fourth-order valence-electron chi connectivity index (χ4n) is 3.89. The van der Waals surface area contributed by atoms with Gasteiger partial charge in [-0.15, -0.1) is 0 Å². The van der Waals surface area contributed by atoms with Crippen molar-refractivity contribution in [2.75, 3.05) is 0 Å². The summed E-state index contributed by atoms with van der Waals surface area (Å²) >= 11 is 2.33. The van der Waals surface area contributed by atoms with Gasteiger partial charge in [0.25, 0.3) is 0 Å². The van der Waals surface area contributed by atoms with Gasteiger partial charge in [-0.25, -0.2) is 9.97 Å². The summed E-state index contributed by atoms with van der Waals surface area (Å²) in [6, 6.07) is 23.2. The molecule has 1 aromatic carbocycles. The van der Waals surface area contributed by atoms with Gasteiger partial charge in [0.05, 0.1) is 22.8 Å². The van der Waals surface area contributed by atoms with Crippen LogP contribution < -0.4 is 0 Å². The summed E-state index contributed by atoms with van der Waals surface area (Å²) in [6.45, 7) is 0. The Hall–Kier alpha value is -3.45. The van der Waals surface area contributed by atoms with E-state index in [0.29, 0.717) is 0 Å². The van der Waals surface area contributed by atoms with Crippen LogP contribution in [0.15, 0.2) is 66.7 Å². The minimum atomic E-state index is 0.922. The lowest BCUT2D eigenvalue weighted by Crippen LogP contribution is -1.78. The molecule has 0 radical (unpaired) electrons. The van der Waals surface area contributed by atoms with Gasteiger partial charge < -0.3 is 9.97 Å². The average Bonchev–Trinajstić information content (AvgIpc) is 3.54. The lowest BCUT2D eigenvalue weighted by molar-refractivity contribution is 1.31. The molecule has 4 aromatic rings. The van der Waals surface area contributed by atoms with Crippen LogP contribution in [0.5, 0.6) is 0 Å². The highest BCUT2D eigenvalue weighted by atomic mass is 127. The molecule has 2 aliphatic heterocycles. The first kappa shape index (κ1) is 18.3. The van der Waals surface area contributed by atoms with Gasteiger partial charge in [0.1, 0.15) is 0 Å². The van der Waals surface area contributed by atoms with Crippen molar-refractivity contribution in [3.8, 4) is 11.1 Å². The summed E-state index contributed by atoms with van der Waals surface area (Å²) in [4.78, 5) is 16.5. The molecule has 8 bridgehead atoms. The van der Waals surface area contributed by atoms with Gasteiger partial charge in [-0.05, 0) is 107 Å². The Balaban J connectivity index is 1.67. The predicted molar refractivity (Wildman–Crippen MR) is 137 cm³/mol. The zero-order valence-corrected chi connectivity index (χ0v) is 18.6. The Morgan fingerprint density at radius 1 is 0.548 bits per heavy atom. The molecule has 0 saturated heterocycles. The summed E-state index contributed by atoms with van der Waals surface area (Å²) in [5.41, 5.74) is 10.1. The van der Waals surface area contributed by atoms with E-state index in [4.69, 9.17) is 9.97 Å². The van der Waals surface area contributed by atoms with Gasteiger partial charge in [-0.1, -0.05) is 12.1 Å². The fourth-order valence-corrected chi connectivity index (χ4v) is 4.25. The Kier molecular flexibility index (Phi) is 4.35. The zero-order chi connectivity index (χ0) is 20.8. The summed E-state index contributed by atoms with van der Waals surface area (Å²) in [7, 11) is 0. The molecule has 2 N–H and O–H groups in total. The molecule has 3 aromatic heterocycles. The number of fused-ring (bicyclic) bond motifs is 8. The molecule has 31 heavy (non-hydrogen) atoms. The van der Waals surface area contributed by atoms with Crippen molar-refractivity contribution in [1.82, 2.24) is 19.9 Å². The SMILES string of the molecule is Ic1ccc(-c2cc3cc4nc(cc5ccc(cc6nc(cc2[nH]3)C=C6)[nH]5)C=C4)cc1. The third-order valence-electron chi connectivity index (χ3n) is 5.32. The molecule has 5 heterocycles. The molecule has 0 aliphatic carbocycles. The fraction of sp³-hybridized carbons (Fsp3) is 0. The second-order valence-electron chi connectivity index (χ2n) is 7.60. The first-order valence-corrected chi connectivity index (χ1v) is 11.1. The molecular formula is C26H17IN4. The van der Waals surface area contributed by atoms with Crippen molar-refractivity contribution < 1.29 is 0 Å². The number of nitrogens with zero attached hydrogens (tertiary/aromatic N) is 2. The molecular weight excluding hydrogens is 495 g/mol. The number of nitrogens with one attached hydrogen (secondary N) is 2. The lowest BCUT2D eigenvalue weighted by atomic mass is 10.1. The number of aromatic nitrogens is 4. The smallest absolute Gasteiger partial charge is 0.0658 e. The molecule has 2 aliphatic rings. The van der Waals surface area contributed by atoms with E-state index in [0.717, 1.165) is 50.4 Å². The maximum atomic E-state index is 4.78. The minimum absolute atomic E-state index is 0.922. The van der Waals surface area contributed by atoms with E-state index in [9.17, 15) is 0 Å². The van der Waals surface area contributed by atoms with Crippen LogP contribution in [0.3, 0.4) is 0 Å². The number of hydrogen-bond donors (Lipinski definition) is 2. The first-order chi connectivity index (χ1) is 15.2. The topological polar surface area (TPSA) is 57.4 Å². The standard InChI is InChI=1S/C26H17IN4/c27-17-3-1-16(2-4-17)25-14-24-13-22-8-7-20(29-22)11-18-5-6-19(28-18)12-21-9-10-23(30-21)15-26(25)31-24/h1-15,28,31H. The van der Waals surface area contributed by atoms with Gasteiger partial charge in [-0.2, -0.15) is 0 Å². The average molecular weight is 512 g/mol. The molecule has 148 valence electrons. The van der Waals surface area contributed by atoms with Crippen LogP contribution in [0.4, 0.5) is 0 Å². The maximum absolute atomic E-state index is 4.78. The van der Waals surface area contributed by atoms with Gasteiger partial charge >= 0.3 is 0 Å². The van der Waals surface area contributed by atoms with Crippen molar-refractivity contribution >= 4 is 69.0 Å². The van der Waals surface area contributed by atoms with Crippen LogP contribution in [0, 0.1) is 3.57 Å². The van der Waals surface area contributed by atoms with E-state index < -0.39 is 0 Å². The van der Waals surface area contributed by atoms with Crippen LogP contribution in [-0.2, 0) is 0 Å². The van der Waals surface area contributed by atoms with E-state index in [-0.39, 0.29) is 0 Å². The number of benzene rings is 1. The Morgan fingerprint density at radius 3 is 1.71 bits per heavy atom. The number of hydrogen-bond acceptors (Lipinski definition) is 2. The van der Waals surface area contributed by atoms with Crippen LogP contribution in [-0.4, -0.2) is 19.9 Å². The third-order valence-corrected chi connectivity index (χ3v) is 6.04. The molecule has 6 rings (SSSR count). The summed E-state index contributed by atoms with van der Waals surface area (Å²) < 4.78 is 1.22. The van der Waals surface area contributed by atoms with E-state index in [1.807, 2.05) is 24.3 Å². The van der Waals surface area contributed by atoms with Crippen LogP contribution in [0.25, 0.3) is 57.5 Å². The number of aromatic amines is 2. The lowest BCUT2D eigenvalue weighted by Gasteiger charge is -1.99. The number of rotatable bonds is 1. The van der Waals surface area contributed by atoms with Crippen LogP contribution >= 0.6 is 22.6 Å².